The van der Waals surface area contributed by atoms with Gasteiger partial charge in [-0.2, -0.15) is 0 Å². The van der Waals surface area contributed by atoms with Crippen molar-refractivity contribution in [2.75, 3.05) is 12.9 Å². The van der Waals surface area contributed by atoms with E-state index in [9.17, 15) is 14.4 Å². The molecule has 0 unspecified atom stereocenters. The molecule has 0 radical (unpaired) electrons. The topological polar surface area (TPSA) is 120 Å². The lowest BCUT2D eigenvalue weighted by atomic mass is 10.1. The molecule has 35 heavy (non-hydrogen) atoms. The van der Waals surface area contributed by atoms with Crippen molar-refractivity contribution < 1.29 is 14.3 Å². The highest BCUT2D eigenvalue weighted by molar-refractivity contribution is 7.99. The molecule has 0 aliphatic carbocycles. The maximum absolute atomic E-state index is 13.4. The molecule has 0 aliphatic heterocycles. The second-order valence-electron chi connectivity index (χ2n) is 8.88. The fraction of sp³-hybridized carbons (Fsp3) is 0.292. The summed E-state index contributed by atoms with van der Waals surface area (Å²) >= 11 is 1.13. The first-order valence-corrected chi connectivity index (χ1v) is 11.9. The average Bonchev–Trinajstić information content (AvgIpc) is 3.23. The third kappa shape index (κ3) is 5.29. The van der Waals surface area contributed by atoms with Crippen LogP contribution in [-0.2, 0) is 11.3 Å². The number of nitrogens with zero attached hydrogens (tertiary/aromatic N) is 4. The number of carbonyl (C=O) groups is 2. The standard InChI is InChI=1S/C24H26N6O4S/c1-24(2,3)26-21(33)25-19(31)14-35-23-28-27-22-29(13-15-9-5-8-12-18(15)34-4)20(32)16-10-6-7-11-17(16)30(22)23/h5-12H,13-14H2,1-4H3,(H2,25,26,31,33). The van der Waals surface area contributed by atoms with Crippen LogP contribution in [0, 0.1) is 0 Å². The molecule has 0 bridgehead atoms. The molecule has 3 amide bonds. The van der Waals surface area contributed by atoms with E-state index in [0.717, 1.165) is 17.3 Å². The zero-order valence-corrected chi connectivity index (χ0v) is 20.7. The van der Waals surface area contributed by atoms with Crippen molar-refractivity contribution in [3.63, 3.8) is 0 Å². The summed E-state index contributed by atoms with van der Waals surface area (Å²) in [6.07, 6.45) is 0. The van der Waals surface area contributed by atoms with Crippen molar-refractivity contribution in [3.05, 3.63) is 64.4 Å². The number of methoxy groups -OCH3 is 1. The molecular formula is C24H26N6O4S. The zero-order valence-electron chi connectivity index (χ0n) is 19.9. The number of carbonyl (C=O) groups excluding carboxylic acids is 2. The summed E-state index contributed by atoms with van der Waals surface area (Å²) in [5.41, 5.74) is 0.766. The minimum Gasteiger partial charge on any atom is -0.496 e. The largest absolute Gasteiger partial charge is 0.496 e. The van der Waals surface area contributed by atoms with E-state index >= 15 is 0 Å². The van der Waals surface area contributed by atoms with Crippen molar-refractivity contribution >= 4 is 40.4 Å². The summed E-state index contributed by atoms with van der Waals surface area (Å²) in [7, 11) is 1.58. The number of thioether (sulfide) groups is 1. The van der Waals surface area contributed by atoms with Crippen LogP contribution in [0.5, 0.6) is 5.75 Å². The first-order chi connectivity index (χ1) is 16.7. The molecule has 0 atom stereocenters. The van der Waals surface area contributed by atoms with Crippen LogP contribution >= 0.6 is 11.8 Å². The smallest absolute Gasteiger partial charge is 0.321 e. The minimum atomic E-state index is -0.565. The number of benzene rings is 2. The van der Waals surface area contributed by atoms with Crippen LogP contribution in [0.3, 0.4) is 0 Å². The van der Waals surface area contributed by atoms with Crippen molar-refractivity contribution in [2.24, 2.45) is 0 Å². The number of nitrogens with one attached hydrogen (secondary N) is 2. The van der Waals surface area contributed by atoms with Crippen LogP contribution in [0.15, 0.2) is 58.5 Å². The SMILES string of the molecule is COc1ccccc1Cn1c(=O)c2ccccc2n2c(SCC(=O)NC(=O)NC(C)(C)C)nnc12. The fourth-order valence-electron chi connectivity index (χ4n) is 3.64. The van der Waals surface area contributed by atoms with E-state index < -0.39 is 17.5 Å². The van der Waals surface area contributed by atoms with Gasteiger partial charge in [-0.3, -0.25) is 23.9 Å². The number of imide groups is 1. The van der Waals surface area contributed by atoms with Gasteiger partial charge in [0.2, 0.25) is 11.7 Å². The Morgan fingerprint density at radius 3 is 2.51 bits per heavy atom. The molecule has 4 rings (SSSR count). The van der Waals surface area contributed by atoms with Crippen LogP contribution in [0.25, 0.3) is 16.7 Å². The number of rotatable bonds is 6. The maximum Gasteiger partial charge on any atom is 0.321 e. The number of hydrogen-bond donors (Lipinski definition) is 2. The summed E-state index contributed by atoms with van der Waals surface area (Å²) in [6.45, 7) is 5.70. The quantitative estimate of drug-likeness (QED) is 0.396. The first-order valence-electron chi connectivity index (χ1n) is 10.9. The summed E-state index contributed by atoms with van der Waals surface area (Å²) in [5, 5.41) is 14.4. The molecule has 0 saturated heterocycles. The Morgan fingerprint density at radius 2 is 1.77 bits per heavy atom. The first kappa shape index (κ1) is 24.3. The average molecular weight is 495 g/mol. The van der Waals surface area contributed by atoms with Crippen molar-refractivity contribution in [3.8, 4) is 5.75 Å². The number of para-hydroxylation sites is 2. The van der Waals surface area contributed by atoms with Gasteiger partial charge in [0, 0.05) is 11.1 Å². The van der Waals surface area contributed by atoms with Gasteiger partial charge in [-0.15, -0.1) is 10.2 Å². The lowest BCUT2D eigenvalue weighted by Gasteiger charge is -2.20. The van der Waals surface area contributed by atoms with E-state index in [1.807, 2.05) is 51.1 Å². The number of fused-ring (bicyclic) bond motifs is 3. The van der Waals surface area contributed by atoms with Gasteiger partial charge in [0.05, 0.1) is 30.3 Å². The molecule has 0 aliphatic rings. The number of ether oxygens (including phenoxy) is 1. The van der Waals surface area contributed by atoms with Gasteiger partial charge in [-0.25, -0.2) is 4.79 Å². The summed E-state index contributed by atoms with van der Waals surface area (Å²) in [4.78, 5) is 37.7. The summed E-state index contributed by atoms with van der Waals surface area (Å²) in [6, 6.07) is 14.1. The molecule has 182 valence electrons. The van der Waals surface area contributed by atoms with Gasteiger partial charge in [0.25, 0.3) is 5.56 Å². The fourth-order valence-corrected chi connectivity index (χ4v) is 4.38. The highest BCUT2D eigenvalue weighted by Gasteiger charge is 2.20. The van der Waals surface area contributed by atoms with Gasteiger partial charge in [0.15, 0.2) is 5.16 Å². The van der Waals surface area contributed by atoms with Gasteiger partial charge >= 0.3 is 6.03 Å². The predicted molar refractivity (Wildman–Crippen MR) is 134 cm³/mol. The maximum atomic E-state index is 13.4. The van der Waals surface area contributed by atoms with E-state index in [-0.39, 0.29) is 17.9 Å². The molecular weight excluding hydrogens is 468 g/mol. The van der Waals surface area contributed by atoms with E-state index in [2.05, 4.69) is 20.8 Å². The predicted octanol–water partition coefficient (Wildman–Crippen LogP) is 2.82. The van der Waals surface area contributed by atoms with E-state index in [4.69, 9.17) is 4.74 Å². The van der Waals surface area contributed by atoms with Crippen LogP contribution in [0.4, 0.5) is 4.79 Å². The Bertz CT molecular complexity index is 1470. The Labute approximate surface area is 205 Å². The monoisotopic (exact) mass is 494 g/mol. The summed E-state index contributed by atoms with van der Waals surface area (Å²) in [5.74, 6) is 0.469. The Balaban J connectivity index is 1.69. The second-order valence-corrected chi connectivity index (χ2v) is 9.82. The molecule has 10 nitrogen and oxygen atoms in total. The third-order valence-corrected chi connectivity index (χ3v) is 6.00. The highest BCUT2D eigenvalue weighted by Crippen LogP contribution is 2.23. The molecule has 2 heterocycles. The minimum absolute atomic E-state index is 0.0572. The van der Waals surface area contributed by atoms with E-state index in [0.29, 0.717) is 27.6 Å². The van der Waals surface area contributed by atoms with E-state index in [1.165, 1.54) is 4.57 Å². The number of aromatic nitrogens is 4. The van der Waals surface area contributed by atoms with Crippen LogP contribution < -0.4 is 20.9 Å². The normalized spacial score (nSPS) is 11.5. The molecule has 4 aromatic rings. The lowest BCUT2D eigenvalue weighted by Crippen LogP contribution is -2.48. The Morgan fingerprint density at radius 1 is 1.06 bits per heavy atom. The highest BCUT2D eigenvalue weighted by atomic mass is 32.2. The molecule has 2 aromatic heterocycles. The Hall–Kier alpha value is -3.86. The van der Waals surface area contributed by atoms with Gasteiger partial charge in [0.1, 0.15) is 5.75 Å². The molecule has 0 spiro atoms. The number of amides is 3. The Kier molecular flexibility index (Phi) is 6.79. The van der Waals surface area contributed by atoms with Gasteiger partial charge in [-0.05, 0) is 39.0 Å². The molecule has 11 heteroatoms. The van der Waals surface area contributed by atoms with Gasteiger partial charge in [-0.1, -0.05) is 42.1 Å². The molecule has 0 fully saturated rings. The van der Waals surface area contributed by atoms with Crippen LogP contribution in [0.1, 0.15) is 26.3 Å². The zero-order chi connectivity index (χ0) is 25.2. The van der Waals surface area contributed by atoms with Gasteiger partial charge < -0.3 is 10.1 Å². The van der Waals surface area contributed by atoms with E-state index in [1.54, 1.807) is 29.7 Å². The molecule has 0 saturated carbocycles. The van der Waals surface area contributed by atoms with Crippen LogP contribution in [0.2, 0.25) is 0 Å². The number of hydrogen-bond acceptors (Lipinski definition) is 7. The second kappa shape index (κ2) is 9.79. The lowest BCUT2D eigenvalue weighted by molar-refractivity contribution is -0.117. The van der Waals surface area contributed by atoms with Crippen molar-refractivity contribution in [2.45, 2.75) is 38.0 Å². The molecule has 2 N–H and O–H groups in total. The third-order valence-electron chi connectivity index (χ3n) is 5.07. The van der Waals surface area contributed by atoms with Crippen molar-refractivity contribution in [1.29, 1.82) is 0 Å². The molecule has 2 aromatic carbocycles. The van der Waals surface area contributed by atoms with Crippen LogP contribution in [-0.4, -0.2) is 49.5 Å². The summed E-state index contributed by atoms with van der Waals surface area (Å²) < 4.78 is 8.73. The number of urea groups is 1. The van der Waals surface area contributed by atoms with Crippen molar-refractivity contribution in [1.82, 2.24) is 29.8 Å².